The van der Waals surface area contributed by atoms with Crippen molar-refractivity contribution in [2.75, 3.05) is 12.0 Å². The van der Waals surface area contributed by atoms with Crippen molar-refractivity contribution >= 4 is 39.3 Å². The molecule has 0 atom stereocenters. The molecule has 0 N–H and O–H groups in total. The van der Waals surface area contributed by atoms with Gasteiger partial charge in [0.15, 0.2) is 0 Å². The van der Waals surface area contributed by atoms with Gasteiger partial charge in [0.2, 0.25) is 0 Å². The highest BCUT2D eigenvalue weighted by atomic mass is 79.9. The molecule has 4 heteroatoms. The van der Waals surface area contributed by atoms with Crippen LogP contribution in [0.1, 0.15) is 22.3 Å². The zero-order chi connectivity index (χ0) is 21.3. The van der Waals surface area contributed by atoms with Gasteiger partial charge in [0.25, 0.3) is 5.91 Å². The van der Waals surface area contributed by atoms with Crippen molar-refractivity contribution in [3.8, 4) is 5.75 Å². The molecule has 0 radical (unpaired) electrons. The Bertz CT molecular complexity index is 1180. The first-order valence-corrected chi connectivity index (χ1v) is 10.5. The van der Waals surface area contributed by atoms with E-state index >= 15 is 0 Å². The highest BCUT2D eigenvalue weighted by Crippen LogP contribution is 2.37. The van der Waals surface area contributed by atoms with E-state index in [9.17, 15) is 4.79 Å². The number of methoxy groups -OCH3 is 1. The molecule has 0 bridgehead atoms. The smallest absolute Gasteiger partial charge is 0.262 e. The number of benzene rings is 3. The molecule has 150 valence electrons. The molecular weight excluding hydrogens is 438 g/mol. The zero-order valence-corrected chi connectivity index (χ0v) is 18.7. The summed E-state index contributed by atoms with van der Waals surface area (Å²) in [6.45, 7) is 4.10. The Balaban J connectivity index is 1.82. The van der Waals surface area contributed by atoms with Crippen LogP contribution in [-0.4, -0.2) is 13.0 Å². The van der Waals surface area contributed by atoms with Gasteiger partial charge in [-0.15, -0.1) is 0 Å². The van der Waals surface area contributed by atoms with Gasteiger partial charge in [-0.2, -0.15) is 0 Å². The molecule has 1 amide bonds. The molecule has 3 nitrogen and oxygen atoms in total. The van der Waals surface area contributed by atoms with Gasteiger partial charge in [-0.1, -0.05) is 54.1 Å². The van der Waals surface area contributed by atoms with Gasteiger partial charge in [0, 0.05) is 5.57 Å². The Morgan fingerprint density at radius 2 is 1.73 bits per heavy atom. The standard InChI is InChI=1S/C26H22BrNO2/c1-17-9-11-23(18(2)13-17)28-24(20-7-5-4-6-8-20)16-21(26(28)29)14-19-10-12-25(30-3)22(27)15-19/h4-16H,1-3H3. The monoisotopic (exact) mass is 459 g/mol. The summed E-state index contributed by atoms with van der Waals surface area (Å²) < 4.78 is 6.16. The number of carbonyl (C=O) groups is 1. The van der Waals surface area contributed by atoms with Gasteiger partial charge in [0.05, 0.1) is 23.0 Å². The number of anilines is 1. The molecule has 30 heavy (non-hydrogen) atoms. The number of carbonyl (C=O) groups excluding carboxylic acids is 1. The average Bonchev–Trinajstić information content (AvgIpc) is 3.05. The predicted octanol–water partition coefficient (Wildman–Crippen LogP) is 6.55. The van der Waals surface area contributed by atoms with Crippen LogP contribution in [0, 0.1) is 13.8 Å². The third kappa shape index (κ3) is 3.83. The van der Waals surface area contributed by atoms with Crippen molar-refractivity contribution in [3.63, 3.8) is 0 Å². The number of rotatable bonds is 4. The van der Waals surface area contributed by atoms with E-state index < -0.39 is 0 Å². The summed E-state index contributed by atoms with van der Waals surface area (Å²) in [6.07, 6.45) is 3.88. The summed E-state index contributed by atoms with van der Waals surface area (Å²) in [7, 11) is 1.63. The van der Waals surface area contributed by atoms with Gasteiger partial charge in [-0.05, 0) is 76.8 Å². The number of nitrogens with zero attached hydrogens (tertiary/aromatic N) is 1. The SMILES string of the molecule is COc1ccc(C=C2C=C(c3ccccc3)N(c3ccc(C)cc3C)C2=O)cc1Br. The van der Waals surface area contributed by atoms with Crippen LogP contribution in [0.3, 0.4) is 0 Å². The van der Waals surface area contributed by atoms with Crippen molar-refractivity contribution in [3.05, 3.63) is 105 Å². The molecule has 0 saturated heterocycles. The van der Waals surface area contributed by atoms with Gasteiger partial charge in [-0.25, -0.2) is 0 Å². The first-order valence-electron chi connectivity index (χ1n) is 9.72. The lowest BCUT2D eigenvalue weighted by atomic mass is 10.1. The molecule has 0 unspecified atom stereocenters. The van der Waals surface area contributed by atoms with E-state index in [4.69, 9.17) is 4.74 Å². The van der Waals surface area contributed by atoms with Crippen LogP contribution in [0.5, 0.6) is 5.75 Å². The highest BCUT2D eigenvalue weighted by Gasteiger charge is 2.31. The lowest BCUT2D eigenvalue weighted by molar-refractivity contribution is -0.113. The minimum absolute atomic E-state index is 0.0345. The van der Waals surface area contributed by atoms with E-state index in [2.05, 4.69) is 28.9 Å². The van der Waals surface area contributed by atoms with Crippen LogP contribution in [0.2, 0.25) is 0 Å². The van der Waals surface area contributed by atoms with Crippen LogP contribution in [-0.2, 0) is 4.79 Å². The van der Waals surface area contributed by atoms with Crippen LogP contribution in [0.25, 0.3) is 11.8 Å². The summed E-state index contributed by atoms with van der Waals surface area (Å²) in [5.41, 5.74) is 6.60. The molecule has 0 fully saturated rings. The van der Waals surface area contributed by atoms with E-state index in [0.717, 1.165) is 38.3 Å². The number of halogens is 1. The van der Waals surface area contributed by atoms with Crippen molar-refractivity contribution in [1.82, 2.24) is 0 Å². The molecule has 1 aliphatic rings. The molecule has 3 aromatic rings. The van der Waals surface area contributed by atoms with Gasteiger partial charge >= 0.3 is 0 Å². The number of hydrogen-bond donors (Lipinski definition) is 0. The second-order valence-electron chi connectivity index (χ2n) is 7.32. The summed E-state index contributed by atoms with van der Waals surface area (Å²) in [6, 6.07) is 22.0. The largest absolute Gasteiger partial charge is 0.496 e. The first-order chi connectivity index (χ1) is 14.5. The minimum Gasteiger partial charge on any atom is -0.496 e. The maximum Gasteiger partial charge on any atom is 0.262 e. The van der Waals surface area contributed by atoms with E-state index in [1.807, 2.05) is 84.6 Å². The van der Waals surface area contributed by atoms with Crippen LogP contribution >= 0.6 is 15.9 Å². The average molecular weight is 460 g/mol. The fourth-order valence-electron chi connectivity index (χ4n) is 3.68. The summed E-state index contributed by atoms with van der Waals surface area (Å²) >= 11 is 3.52. The number of ether oxygens (including phenoxy) is 1. The normalized spacial score (nSPS) is 14.9. The van der Waals surface area contributed by atoms with Crippen molar-refractivity contribution in [2.45, 2.75) is 13.8 Å². The molecule has 0 saturated carbocycles. The molecule has 0 aromatic heterocycles. The van der Waals surface area contributed by atoms with Gasteiger partial charge < -0.3 is 4.74 Å². The van der Waals surface area contributed by atoms with Crippen LogP contribution < -0.4 is 9.64 Å². The fourth-order valence-corrected chi connectivity index (χ4v) is 4.24. The molecule has 3 aromatic carbocycles. The van der Waals surface area contributed by atoms with E-state index in [1.54, 1.807) is 7.11 Å². The lowest BCUT2D eigenvalue weighted by Gasteiger charge is -2.23. The number of amides is 1. The van der Waals surface area contributed by atoms with E-state index in [1.165, 1.54) is 5.56 Å². The Kier molecular flexibility index (Phi) is 5.60. The van der Waals surface area contributed by atoms with Crippen LogP contribution in [0.4, 0.5) is 5.69 Å². The zero-order valence-electron chi connectivity index (χ0n) is 17.1. The van der Waals surface area contributed by atoms with Crippen molar-refractivity contribution < 1.29 is 9.53 Å². The summed E-state index contributed by atoms with van der Waals surface area (Å²) in [5.74, 6) is 0.722. The molecule has 1 aliphatic heterocycles. The third-order valence-electron chi connectivity index (χ3n) is 5.14. The lowest BCUT2D eigenvalue weighted by Crippen LogP contribution is -2.25. The Morgan fingerprint density at radius 3 is 2.40 bits per heavy atom. The van der Waals surface area contributed by atoms with Crippen molar-refractivity contribution in [2.24, 2.45) is 0 Å². The van der Waals surface area contributed by atoms with E-state index in [-0.39, 0.29) is 5.91 Å². The fraction of sp³-hybridized carbons (Fsp3) is 0.115. The predicted molar refractivity (Wildman–Crippen MR) is 126 cm³/mol. The second-order valence-corrected chi connectivity index (χ2v) is 8.17. The molecule has 0 aliphatic carbocycles. The Morgan fingerprint density at radius 1 is 0.967 bits per heavy atom. The second kappa shape index (κ2) is 8.33. The molecule has 0 spiro atoms. The van der Waals surface area contributed by atoms with Crippen LogP contribution in [0.15, 0.2) is 82.9 Å². The summed E-state index contributed by atoms with van der Waals surface area (Å²) in [5, 5.41) is 0. The first kappa shape index (κ1) is 20.2. The third-order valence-corrected chi connectivity index (χ3v) is 5.76. The highest BCUT2D eigenvalue weighted by molar-refractivity contribution is 9.10. The van der Waals surface area contributed by atoms with E-state index in [0.29, 0.717) is 5.57 Å². The molecule has 1 heterocycles. The summed E-state index contributed by atoms with van der Waals surface area (Å²) in [4.78, 5) is 15.3. The maximum atomic E-state index is 13.5. The Hall–Kier alpha value is -3.11. The van der Waals surface area contributed by atoms with Gasteiger partial charge in [-0.3, -0.25) is 9.69 Å². The number of hydrogen-bond acceptors (Lipinski definition) is 2. The van der Waals surface area contributed by atoms with Crippen molar-refractivity contribution in [1.29, 1.82) is 0 Å². The molecule has 4 rings (SSSR count). The maximum absolute atomic E-state index is 13.5. The Labute approximate surface area is 185 Å². The topological polar surface area (TPSA) is 29.5 Å². The number of aryl methyl sites for hydroxylation is 2. The quantitative estimate of drug-likeness (QED) is 0.414. The van der Waals surface area contributed by atoms with Gasteiger partial charge in [0.1, 0.15) is 5.75 Å². The minimum atomic E-state index is -0.0345. The molecular formula is C26H22BrNO2.